The first-order chi connectivity index (χ1) is 9.16. The van der Waals surface area contributed by atoms with Crippen LogP contribution in [0.15, 0.2) is 48.8 Å². The van der Waals surface area contributed by atoms with E-state index in [2.05, 4.69) is 5.10 Å². The first-order valence-electron chi connectivity index (χ1n) is 6.03. The molecule has 0 bridgehead atoms. The summed E-state index contributed by atoms with van der Waals surface area (Å²) in [6.45, 7) is 1.87. The van der Waals surface area contributed by atoms with E-state index < -0.39 is 11.9 Å². The fraction of sp³-hybridized carbons (Fsp3) is 0.133. The van der Waals surface area contributed by atoms with Gasteiger partial charge in [0.2, 0.25) is 0 Å². The van der Waals surface area contributed by atoms with E-state index in [1.807, 2.05) is 25.1 Å². The highest BCUT2D eigenvalue weighted by Gasteiger charge is 2.18. The Morgan fingerprint density at radius 1 is 1.21 bits per heavy atom. The van der Waals surface area contributed by atoms with E-state index in [9.17, 15) is 9.50 Å². The Balaban J connectivity index is 2.13. The lowest BCUT2D eigenvalue weighted by Gasteiger charge is -2.11. The average molecular weight is 256 g/mol. The maximum atomic E-state index is 13.8. The molecule has 2 heterocycles. The molecule has 0 radical (unpaired) electrons. The minimum atomic E-state index is -1.01. The van der Waals surface area contributed by atoms with Gasteiger partial charge in [-0.15, -0.1) is 0 Å². The van der Waals surface area contributed by atoms with Crippen LogP contribution in [0.25, 0.3) is 5.52 Å². The summed E-state index contributed by atoms with van der Waals surface area (Å²) >= 11 is 0. The number of halogens is 1. The second-order valence-corrected chi connectivity index (χ2v) is 4.56. The van der Waals surface area contributed by atoms with Crippen molar-refractivity contribution < 1.29 is 9.50 Å². The Kier molecular flexibility index (Phi) is 2.80. The van der Waals surface area contributed by atoms with Gasteiger partial charge in [-0.1, -0.05) is 23.8 Å². The van der Waals surface area contributed by atoms with Crippen LogP contribution in [0.4, 0.5) is 4.39 Å². The van der Waals surface area contributed by atoms with Crippen molar-refractivity contribution in [2.24, 2.45) is 0 Å². The second-order valence-electron chi connectivity index (χ2n) is 4.56. The summed E-state index contributed by atoms with van der Waals surface area (Å²) in [7, 11) is 0. The van der Waals surface area contributed by atoms with Crippen LogP contribution in [-0.4, -0.2) is 14.7 Å². The third-order valence-corrected chi connectivity index (χ3v) is 3.20. The summed E-state index contributed by atoms with van der Waals surface area (Å²) in [5, 5.41) is 14.5. The number of nitrogens with zero attached hydrogens (tertiary/aromatic N) is 2. The van der Waals surface area contributed by atoms with Crippen LogP contribution in [0.2, 0.25) is 0 Å². The molecule has 3 aromatic rings. The predicted octanol–water partition coefficient (Wildman–Crippen LogP) is 2.86. The number of hydrogen-bond acceptors (Lipinski definition) is 2. The molecule has 96 valence electrons. The van der Waals surface area contributed by atoms with Crippen LogP contribution in [0.1, 0.15) is 22.8 Å². The molecule has 2 aromatic heterocycles. The summed E-state index contributed by atoms with van der Waals surface area (Å²) in [6, 6.07) is 10.3. The van der Waals surface area contributed by atoms with Crippen molar-refractivity contribution in [3.63, 3.8) is 0 Å². The van der Waals surface area contributed by atoms with Gasteiger partial charge in [0.25, 0.3) is 0 Å². The largest absolute Gasteiger partial charge is 0.383 e. The van der Waals surface area contributed by atoms with E-state index in [1.54, 1.807) is 29.0 Å². The number of aliphatic hydroxyl groups excluding tert-OH is 1. The molecular formula is C15H13FN2O. The van der Waals surface area contributed by atoms with Crippen molar-refractivity contribution in [1.29, 1.82) is 0 Å². The number of hydrogen-bond donors (Lipinski definition) is 1. The maximum absolute atomic E-state index is 13.8. The molecule has 1 unspecified atom stereocenters. The van der Waals surface area contributed by atoms with Crippen LogP contribution < -0.4 is 0 Å². The summed E-state index contributed by atoms with van der Waals surface area (Å²) in [6.07, 6.45) is 2.35. The molecular weight excluding hydrogens is 243 g/mol. The normalized spacial score (nSPS) is 12.8. The quantitative estimate of drug-likeness (QED) is 0.765. The molecule has 0 aliphatic heterocycles. The highest BCUT2D eigenvalue weighted by Crippen LogP contribution is 2.27. The van der Waals surface area contributed by atoms with Crippen molar-refractivity contribution >= 4 is 5.52 Å². The summed E-state index contributed by atoms with van der Waals surface area (Å²) < 4.78 is 15.5. The average Bonchev–Trinajstić information content (AvgIpc) is 2.84. The minimum absolute atomic E-state index is 0.277. The van der Waals surface area contributed by atoms with Gasteiger partial charge in [0.05, 0.1) is 11.7 Å². The number of aliphatic hydroxyl groups is 1. The molecule has 3 rings (SSSR count). The van der Waals surface area contributed by atoms with E-state index in [-0.39, 0.29) is 5.56 Å². The zero-order chi connectivity index (χ0) is 13.4. The molecule has 0 amide bonds. The van der Waals surface area contributed by atoms with Crippen molar-refractivity contribution in [2.45, 2.75) is 13.0 Å². The summed E-state index contributed by atoms with van der Waals surface area (Å²) in [5.41, 5.74) is 2.56. The van der Waals surface area contributed by atoms with Crippen LogP contribution in [-0.2, 0) is 0 Å². The van der Waals surface area contributed by atoms with Gasteiger partial charge in [-0.3, -0.25) is 0 Å². The van der Waals surface area contributed by atoms with Crippen molar-refractivity contribution in [3.8, 4) is 0 Å². The third kappa shape index (κ3) is 2.00. The molecule has 0 spiro atoms. The molecule has 19 heavy (non-hydrogen) atoms. The van der Waals surface area contributed by atoms with E-state index >= 15 is 0 Å². The van der Waals surface area contributed by atoms with Gasteiger partial charge in [-0.25, -0.2) is 8.91 Å². The molecule has 3 nitrogen and oxygen atoms in total. The van der Waals surface area contributed by atoms with Gasteiger partial charge in [-0.05, 0) is 25.1 Å². The number of aromatic nitrogens is 2. The van der Waals surface area contributed by atoms with Gasteiger partial charge < -0.3 is 5.11 Å². The van der Waals surface area contributed by atoms with Gasteiger partial charge in [0.15, 0.2) is 0 Å². The van der Waals surface area contributed by atoms with Crippen LogP contribution in [0, 0.1) is 12.7 Å². The highest BCUT2D eigenvalue weighted by atomic mass is 19.1. The SMILES string of the molecule is Cc1ccc(F)c(C(O)c2cnn3ccccc23)c1. The Morgan fingerprint density at radius 2 is 2.05 bits per heavy atom. The zero-order valence-electron chi connectivity index (χ0n) is 10.4. The molecule has 0 aliphatic rings. The molecule has 1 N–H and O–H groups in total. The molecule has 4 heteroatoms. The van der Waals surface area contributed by atoms with Crippen molar-refractivity contribution in [2.75, 3.05) is 0 Å². The number of pyridine rings is 1. The zero-order valence-corrected chi connectivity index (χ0v) is 10.4. The fourth-order valence-corrected chi connectivity index (χ4v) is 2.21. The van der Waals surface area contributed by atoms with E-state index in [1.165, 1.54) is 6.07 Å². The topological polar surface area (TPSA) is 37.5 Å². The summed E-state index contributed by atoms with van der Waals surface area (Å²) in [4.78, 5) is 0. The highest BCUT2D eigenvalue weighted by molar-refractivity contribution is 5.56. The van der Waals surface area contributed by atoms with E-state index in [0.29, 0.717) is 5.56 Å². The molecule has 1 atom stereocenters. The lowest BCUT2D eigenvalue weighted by atomic mass is 10.0. The first-order valence-corrected chi connectivity index (χ1v) is 6.03. The van der Waals surface area contributed by atoms with Crippen LogP contribution in [0.3, 0.4) is 0 Å². The lowest BCUT2D eigenvalue weighted by molar-refractivity contribution is 0.216. The number of fused-ring (bicyclic) bond motifs is 1. The smallest absolute Gasteiger partial charge is 0.129 e. The van der Waals surface area contributed by atoms with Gasteiger partial charge in [-0.2, -0.15) is 5.10 Å². The van der Waals surface area contributed by atoms with E-state index in [0.717, 1.165) is 11.1 Å². The number of aryl methyl sites for hydroxylation is 1. The molecule has 0 fully saturated rings. The van der Waals surface area contributed by atoms with Crippen LogP contribution in [0.5, 0.6) is 0 Å². The third-order valence-electron chi connectivity index (χ3n) is 3.20. The lowest BCUT2D eigenvalue weighted by Crippen LogP contribution is -2.02. The predicted molar refractivity (Wildman–Crippen MR) is 70.4 cm³/mol. The van der Waals surface area contributed by atoms with Crippen LogP contribution >= 0.6 is 0 Å². The molecule has 0 saturated heterocycles. The van der Waals surface area contributed by atoms with E-state index in [4.69, 9.17) is 0 Å². The maximum Gasteiger partial charge on any atom is 0.129 e. The van der Waals surface area contributed by atoms with Gasteiger partial charge in [0.1, 0.15) is 11.9 Å². The number of rotatable bonds is 2. The number of benzene rings is 1. The fourth-order valence-electron chi connectivity index (χ4n) is 2.21. The minimum Gasteiger partial charge on any atom is -0.383 e. The molecule has 0 saturated carbocycles. The first kappa shape index (κ1) is 11.9. The monoisotopic (exact) mass is 256 g/mol. The Bertz CT molecular complexity index is 736. The second kappa shape index (κ2) is 4.48. The Hall–Kier alpha value is -2.20. The van der Waals surface area contributed by atoms with Crippen molar-refractivity contribution in [3.05, 3.63) is 71.3 Å². The Morgan fingerprint density at radius 3 is 2.89 bits per heavy atom. The Labute approximate surface area is 109 Å². The molecule has 0 aliphatic carbocycles. The van der Waals surface area contributed by atoms with Crippen molar-refractivity contribution in [1.82, 2.24) is 9.61 Å². The van der Waals surface area contributed by atoms with Gasteiger partial charge in [0, 0.05) is 17.3 Å². The summed E-state index contributed by atoms with van der Waals surface area (Å²) in [5.74, 6) is -0.409. The standard InChI is InChI=1S/C15H13FN2O/c1-10-5-6-13(16)11(8-10)15(19)12-9-17-18-7-3-2-4-14(12)18/h2-9,15,19H,1H3. The van der Waals surface area contributed by atoms with Gasteiger partial charge >= 0.3 is 0 Å². The molecule has 1 aromatic carbocycles.